The first kappa shape index (κ1) is 14.3. The lowest BCUT2D eigenvalue weighted by molar-refractivity contribution is -0.384. The molecular formula is C12H18N4O4. The van der Waals surface area contributed by atoms with Gasteiger partial charge in [-0.3, -0.25) is 14.9 Å². The maximum absolute atomic E-state index is 11.3. The molecule has 0 atom stereocenters. The third-order valence-corrected chi connectivity index (χ3v) is 3.45. The number of aryl methyl sites for hydroxylation is 2. The lowest BCUT2D eigenvalue weighted by Crippen LogP contribution is -2.48. The van der Waals surface area contributed by atoms with Crippen LogP contribution in [-0.2, 0) is 18.3 Å². The summed E-state index contributed by atoms with van der Waals surface area (Å²) in [6.07, 6.45) is 1.46. The van der Waals surface area contributed by atoms with Gasteiger partial charge in [-0.05, 0) is 6.42 Å². The molecule has 1 aromatic rings. The topological polar surface area (TPSA) is 102 Å². The molecular weight excluding hydrogens is 264 g/mol. The van der Waals surface area contributed by atoms with E-state index in [1.165, 1.54) is 4.68 Å². The molecule has 0 aromatic carbocycles. The lowest BCUT2D eigenvalue weighted by atomic mass is 9.96. The first-order valence-electron chi connectivity index (χ1n) is 6.61. The molecule has 2 rings (SSSR count). The van der Waals surface area contributed by atoms with Gasteiger partial charge in [-0.1, -0.05) is 13.3 Å². The zero-order valence-corrected chi connectivity index (χ0v) is 11.6. The summed E-state index contributed by atoms with van der Waals surface area (Å²) in [5.74, 6) is -0.294. The largest absolute Gasteiger partial charge is 0.481 e. The van der Waals surface area contributed by atoms with Crippen molar-refractivity contribution in [2.24, 2.45) is 13.0 Å². The summed E-state index contributed by atoms with van der Waals surface area (Å²) < 4.78 is 1.53. The highest BCUT2D eigenvalue weighted by Gasteiger charge is 2.37. The number of nitrogens with zero attached hydrogens (tertiary/aromatic N) is 4. The second-order valence-corrected chi connectivity index (χ2v) is 5.12. The highest BCUT2D eigenvalue weighted by atomic mass is 16.6. The maximum Gasteiger partial charge on any atom is 0.334 e. The summed E-state index contributed by atoms with van der Waals surface area (Å²) in [7, 11) is 1.69. The maximum atomic E-state index is 11.3. The molecule has 0 spiro atoms. The summed E-state index contributed by atoms with van der Waals surface area (Å²) in [6.45, 7) is 3.00. The van der Waals surface area contributed by atoms with Crippen LogP contribution in [0.15, 0.2) is 0 Å². The molecule has 0 unspecified atom stereocenters. The molecule has 0 aliphatic carbocycles. The predicted octanol–water partition coefficient (Wildman–Crippen LogP) is 1.19. The van der Waals surface area contributed by atoms with Crippen molar-refractivity contribution < 1.29 is 14.8 Å². The van der Waals surface area contributed by atoms with E-state index in [4.69, 9.17) is 5.11 Å². The molecule has 0 bridgehead atoms. The summed E-state index contributed by atoms with van der Waals surface area (Å²) in [5.41, 5.74) is 0.555. The number of anilines is 1. The van der Waals surface area contributed by atoms with Gasteiger partial charge in [0, 0.05) is 26.1 Å². The minimum Gasteiger partial charge on any atom is -0.481 e. The zero-order chi connectivity index (χ0) is 14.9. The van der Waals surface area contributed by atoms with Crippen LogP contribution in [-0.4, -0.2) is 38.9 Å². The minimum absolute atomic E-state index is 0.0524. The number of carbonyl (C=O) groups is 1. The van der Waals surface area contributed by atoms with Gasteiger partial charge in [-0.25, -0.2) is 4.68 Å². The molecule has 0 amide bonds. The van der Waals surface area contributed by atoms with Gasteiger partial charge in [-0.15, -0.1) is 0 Å². The zero-order valence-electron chi connectivity index (χ0n) is 11.6. The Morgan fingerprint density at radius 2 is 2.20 bits per heavy atom. The Hall–Kier alpha value is -2.12. The molecule has 1 aliphatic heterocycles. The summed E-state index contributed by atoms with van der Waals surface area (Å²) in [6, 6.07) is 0. The van der Waals surface area contributed by atoms with Gasteiger partial charge >= 0.3 is 11.7 Å². The van der Waals surface area contributed by atoms with Crippen molar-refractivity contribution in [3.05, 3.63) is 15.8 Å². The number of carboxylic acid groups (broad SMARTS) is 1. The molecule has 20 heavy (non-hydrogen) atoms. The summed E-state index contributed by atoms with van der Waals surface area (Å²) >= 11 is 0. The van der Waals surface area contributed by atoms with Gasteiger partial charge in [0.25, 0.3) is 0 Å². The molecule has 1 fully saturated rings. The fraction of sp³-hybridized carbons (Fsp3) is 0.667. The fourth-order valence-electron chi connectivity index (χ4n) is 2.62. The Labute approximate surface area is 116 Å². The number of aromatic nitrogens is 2. The van der Waals surface area contributed by atoms with Crippen molar-refractivity contribution in [1.82, 2.24) is 9.78 Å². The molecule has 1 aromatic heterocycles. The van der Waals surface area contributed by atoms with E-state index in [1.54, 1.807) is 7.05 Å². The van der Waals surface area contributed by atoms with E-state index in [2.05, 4.69) is 5.10 Å². The average molecular weight is 282 g/mol. The van der Waals surface area contributed by atoms with Crippen LogP contribution in [0.25, 0.3) is 0 Å². The van der Waals surface area contributed by atoms with E-state index in [-0.39, 0.29) is 18.0 Å². The second-order valence-electron chi connectivity index (χ2n) is 5.12. The van der Waals surface area contributed by atoms with Gasteiger partial charge < -0.3 is 10.0 Å². The Morgan fingerprint density at radius 3 is 2.70 bits per heavy atom. The van der Waals surface area contributed by atoms with Crippen molar-refractivity contribution in [1.29, 1.82) is 0 Å². The van der Waals surface area contributed by atoms with Crippen molar-refractivity contribution in [2.45, 2.75) is 26.2 Å². The number of hydrogen-bond donors (Lipinski definition) is 1. The smallest absolute Gasteiger partial charge is 0.334 e. The van der Waals surface area contributed by atoms with Crippen LogP contribution in [0.1, 0.15) is 25.5 Å². The average Bonchev–Trinajstić information content (AvgIpc) is 2.60. The highest BCUT2D eigenvalue weighted by molar-refractivity contribution is 5.68. The van der Waals surface area contributed by atoms with E-state index in [0.29, 0.717) is 31.0 Å². The van der Waals surface area contributed by atoms with Crippen LogP contribution in [0, 0.1) is 16.0 Å². The molecule has 1 saturated heterocycles. The number of hydrogen-bond acceptors (Lipinski definition) is 5. The van der Waals surface area contributed by atoms with E-state index in [1.807, 2.05) is 11.8 Å². The molecule has 1 N–H and O–H groups in total. The van der Waals surface area contributed by atoms with Crippen LogP contribution < -0.4 is 4.90 Å². The Morgan fingerprint density at radius 1 is 1.55 bits per heavy atom. The molecule has 8 nitrogen and oxygen atoms in total. The fourth-order valence-corrected chi connectivity index (χ4v) is 2.62. The second kappa shape index (κ2) is 5.48. The number of aliphatic carboxylic acids is 1. The van der Waals surface area contributed by atoms with Crippen molar-refractivity contribution in [3.63, 3.8) is 0 Å². The molecule has 0 radical (unpaired) electrons. The minimum atomic E-state index is -0.833. The molecule has 110 valence electrons. The van der Waals surface area contributed by atoms with Crippen molar-refractivity contribution in [2.75, 3.05) is 18.0 Å². The number of nitro groups is 1. The Kier molecular flexibility index (Phi) is 3.91. The van der Waals surface area contributed by atoms with E-state index in [9.17, 15) is 14.9 Å². The van der Waals surface area contributed by atoms with Crippen LogP contribution in [0.4, 0.5) is 11.5 Å². The number of carboxylic acids is 1. The molecule has 0 saturated carbocycles. The SMILES string of the molecule is CCCc1nn(C)c(N2CC(CC(=O)O)C2)c1[N+](=O)[O-]. The highest BCUT2D eigenvalue weighted by Crippen LogP contribution is 2.36. The van der Waals surface area contributed by atoms with Gasteiger partial charge in [0.1, 0.15) is 5.69 Å². The molecule has 2 heterocycles. The standard InChI is InChI=1S/C12H18N4O4/c1-3-4-9-11(16(19)20)12(14(2)13-9)15-6-8(7-15)5-10(17)18/h8H,3-7H2,1-2H3,(H,17,18). The monoisotopic (exact) mass is 282 g/mol. The molecule has 8 heteroatoms. The quantitative estimate of drug-likeness (QED) is 0.621. The first-order valence-corrected chi connectivity index (χ1v) is 6.61. The van der Waals surface area contributed by atoms with E-state index >= 15 is 0 Å². The normalized spacial score (nSPS) is 15.2. The number of rotatable bonds is 6. The van der Waals surface area contributed by atoms with Gasteiger partial charge in [0.05, 0.1) is 11.3 Å². The third kappa shape index (κ3) is 2.59. The van der Waals surface area contributed by atoms with Crippen molar-refractivity contribution in [3.8, 4) is 0 Å². The van der Waals surface area contributed by atoms with Gasteiger partial charge in [0.2, 0.25) is 5.82 Å². The van der Waals surface area contributed by atoms with E-state index in [0.717, 1.165) is 6.42 Å². The van der Waals surface area contributed by atoms with Crippen LogP contribution in [0.2, 0.25) is 0 Å². The molecule has 1 aliphatic rings. The van der Waals surface area contributed by atoms with Crippen LogP contribution >= 0.6 is 0 Å². The first-order chi connectivity index (χ1) is 9.43. The Balaban J connectivity index is 2.20. The summed E-state index contributed by atoms with van der Waals surface area (Å²) in [5, 5.41) is 24.2. The van der Waals surface area contributed by atoms with Crippen LogP contribution in [0.3, 0.4) is 0 Å². The van der Waals surface area contributed by atoms with Gasteiger partial charge in [0.15, 0.2) is 0 Å². The lowest BCUT2D eigenvalue weighted by Gasteiger charge is -2.39. The third-order valence-electron chi connectivity index (χ3n) is 3.45. The van der Waals surface area contributed by atoms with Crippen LogP contribution in [0.5, 0.6) is 0 Å². The predicted molar refractivity (Wildman–Crippen MR) is 71.8 cm³/mol. The van der Waals surface area contributed by atoms with Gasteiger partial charge in [-0.2, -0.15) is 5.10 Å². The van der Waals surface area contributed by atoms with Crippen molar-refractivity contribution >= 4 is 17.5 Å². The van der Waals surface area contributed by atoms with E-state index < -0.39 is 10.9 Å². The Bertz CT molecular complexity index is 534. The summed E-state index contributed by atoms with van der Waals surface area (Å²) in [4.78, 5) is 23.3.